The predicted molar refractivity (Wildman–Crippen MR) is 86.8 cm³/mol. The Balaban J connectivity index is 2.03. The van der Waals surface area contributed by atoms with Crippen LogP contribution in [-0.4, -0.2) is 19.1 Å². The van der Waals surface area contributed by atoms with Crippen molar-refractivity contribution in [3.63, 3.8) is 0 Å². The van der Waals surface area contributed by atoms with E-state index in [1.165, 1.54) is 0 Å². The maximum atomic E-state index is 12.9. The molecule has 2 N–H and O–H groups in total. The van der Waals surface area contributed by atoms with Crippen LogP contribution in [0.15, 0.2) is 46.9 Å². The zero-order chi connectivity index (χ0) is 14.8. The Kier molecular flexibility index (Phi) is 3.84. The Morgan fingerprint density at radius 1 is 1.24 bits per heavy atom. The highest BCUT2D eigenvalue weighted by atomic mass is 79.9. The van der Waals surface area contributed by atoms with Gasteiger partial charge in [-0.2, -0.15) is 0 Å². The van der Waals surface area contributed by atoms with Crippen molar-refractivity contribution in [3.05, 3.63) is 52.5 Å². The average molecular weight is 347 g/mol. The van der Waals surface area contributed by atoms with Crippen molar-refractivity contribution in [1.82, 2.24) is 0 Å². The molecule has 2 aromatic carbocycles. The van der Waals surface area contributed by atoms with E-state index in [1.54, 1.807) is 17.0 Å². The minimum atomic E-state index is -0.105. The normalized spacial score (nSPS) is 14.0. The molecule has 0 saturated heterocycles. The third-order valence-corrected chi connectivity index (χ3v) is 3.92. The number of halogens is 1. The van der Waals surface area contributed by atoms with E-state index in [2.05, 4.69) is 15.9 Å². The molecule has 4 nitrogen and oxygen atoms in total. The minimum absolute atomic E-state index is 0.105. The molecular weight excluding hydrogens is 332 g/mol. The van der Waals surface area contributed by atoms with Gasteiger partial charge in [0, 0.05) is 16.7 Å². The Hall–Kier alpha value is -2.01. The number of para-hydroxylation sites is 2. The van der Waals surface area contributed by atoms with Crippen LogP contribution in [0.1, 0.15) is 16.8 Å². The molecule has 1 amide bonds. The van der Waals surface area contributed by atoms with E-state index in [0.717, 1.165) is 22.3 Å². The lowest BCUT2D eigenvalue weighted by Gasteiger charge is -2.22. The lowest BCUT2D eigenvalue weighted by molar-refractivity contribution is 0.0988. The summed E-state index contributed by atoms with van der Waals surface area (Å²) in [6, 6.07) is 12.9. The molecule has 1 aliphatic heterocycles. The summed E-state index contributed by atoms with van der Waals surface area (Å²) in [6.07, 6.45) is 0.786. The van der Waals surface area contributed by atoms with Crippen LogP contribution in [0, 0.1) is 0 Å². The molecule has 0 aliphatic carbocycles. The van der Waals surface area contributed by atoms with E-state index in [-0.39, 0.29) is 5.91 Å². The number of benzene rings is 2. The third kappa shape index (κ3) is 2.74. The summed E-state index contributed by atoms with van der Waals surface area (Å²) in [7, 11) is 0. The van der Waals surface area contributed by atoms with Crippen LogP contribution in [0.5, 0.6) is 5.75 Å². The van der Waals surface area contributed by atoms with Gasteiger partial charge >= 0.3 is 0 Å². The van der Waals surface area contributed by atoms with Gasteiger partial charge in [0.1, 0.15) is 5.75 Å². The Morgan fingerprint density at radius 3 is 2.90 bits per heavy atom. The molecule has 1 aliphatic rings. The van der Waals surface area contributed by atoms with Crippen molar-refractivity contribution < 1.29 is 9.53 Å². The number of hydrogen-bond acceptors (Lipinski definition) is 3. The number of carbonyl (C=O) groups excluding carboxylic acids is 1. The topological polar surface area (TPSA) is 55.6 Å². The van der Waals surface area contributed by atoms with Gasteiger partial charge in [-0.25, -0.2) is 0 Å². The highest BCUT2D eigenvalue weighted by Crippen LogP contribution is 2.32. The molecule has 2 aromatic rings. The minimum Gasteiger partial charge on any atom is -0.491 e. The number of nitrogens with two attached hydrogens (primary N) is 1. The van der Waals surface area contributed by atoms with Gasteiger partial charge < -0.3 is 15.4 Å². The Labute approximate surface area is 131 Å². The van der Waals surface area contributed by atoms with Crippen LogP contribution in [-0.2, 0) is 0 Å². The molecule has 0 unspecified atom stereocenters. The highest BCUT2D eigenvalue weighted by molar-refractivity contribution is 9.10. The lowest BCUT2D eigenvalue weighted by Crippen LogP contribution is -2.32. The first kappa shape index (κ1) is 13.9. The molecule has 108 valence electrons. The first-order valence-corrected chi connectivity index (χ1v) is 7.55. The first-order valence-electron chi connectivity index (χ1n) is 6.75. The standard InChI is InChI=1S/C16H15BrN2O2/c17-11-6-7-13(18)12(10-11)16(20)19-8-3-9-21-15-5-2-1-4-14(15)19/h1-2,4-7,10H,3,8-9,18H2. The monoisotopic (exact) mass is 346 g/mol. The van der Waals surface area contributed by atoms with Gasteiger partial charge in [0.05, 0.1) is 17.9 Å². The van der Waals surface area contributed by atoms with Crippen molar-refractivity contribution in [2.45, 2.75) is 6.42 Å². The molecule has 1 heterocycles. The molecule has 5 heteroatoms. The largest absolute Gasteiger partial charge is 0.491 e. The number of fused-ring (bicyclic) bond motifs is 1. The third-order valence-electron chi connectivity index (χ3n) is 3.43. The second-order valence-corrected chi connectivity index (χ2v) is 5.77. The van der Waals surface area contributed by atoms with E-state index in [4.69, 9.17) is 10.5 Å². The summed E-state index contributed by atoms with van der Waals surface area (Å²) in [4.78, 5) is 14.6. The fraction of sp³-hybridized carbons (Fsp3) is 0.188. The molecule has 0 saturated carbocycles. The van der Waals surface area contributed by atoms with E-state index in [0.29, 0.717) is 24.4 Å². The summed E-state index contributed by atoms with van der Waals surface area (Å²) >= 11 is 3.38. The summed E-state index contributed by atoms with van der Waals surface area (Å²) < 4.78 is 6.52. The van der Waals surface area contributed by atoms with E-state index in [9.17, 15) is 4.79 Å². The van der Waals surface area contributed by atoms with Gasteiger partial charge in [0.15, 0.2) is 0 Å². The van der Waals surface area contributed by atoms with Crippen LogP contribution in [0.3, 0.4) is 0 Å². The van der Waals surface area contributed by atoms with Crippen LogP contribution in [0.25, 0.3) is 0 Å². The lowest BCUT2D eigenvalue weighted by atomic mass is 10.1. The zero-order valence-corrected chi connectivity index (χ0v) is 13.0. The molecule has 0 atom stereocenters. The number of rotatable bonds is 1. The van der Waals surface area contributed by atoms with Crippen LogP contribution in [0.4, 0.5) is 11.4 Å². The number of amides is 1. The Bertz CT molecular complexity index is 688. The molecule has 0 bridgehead atoms. The number of anilines is 2. The van der Waals surface area contributed by atoms with Gasteiger partial charge in [-0.3, -0.25) is 4.79 Å². The van der Waals surface area contributed by atoms with Crippen LogP contribution >= 0.6 is 15.9 Å². The number of ether oxygens (including phenoxy) is 1. The molecular formula is C16H15BrN2O2. The highest BCUT2D eigenvalue weighted by Gasteiger charge is 2.24. The maximum Gasteiger partial charge on any atom is 0.260 e. The summed E-state index contributed by atoms with van der Waals surface area (Å²) in [5.74, 6) is 0.628. The van der Waals surface area contributed by atoms with Gasteiger partial charge in [-0.15, -0.1) is 0 Å². The second kappa shape index (κ2) is 5.77. The van der Waals surface area contributed by atoms with Crippen molar-refractivity contribution in [3.8, 4) is 5.75 Å². The number of nitrogens with zero attached hydrogens (tertiary/aromatic N) is 1. The quantitative estimate of drug-likeness (QED) is 0.804. The molecule has 0 radical (unpaired) electrons. The van der Waals surface area contributed by atoms with Crippen molar-refractivity contribution >= 4 is 33.2 Å². The van der Waals surface area contributed by atoms with Crippen LogP contribution < -0.4 is 15.4 Å². The van der Waals surface area contributed by atoms with Crippen molar-refractivity contribution in [2.75, 3.05) is 23.8 Å². The molecule has 0 fully saturated rings. The van der Waals surface area contributed by atoms with E-state index >= 15 is 0 Å². The average Bonchev–Trinajstić information content (AvgIpc) is 2.71. The van der Waals surface area contributed by atoms with Gasteiger partial charge in [0.25, 0.3) is 5.91 Å². The fourth-order valence-corrected chi connectivity index (χ4v) is 2.76. The van der Waals surface area contributed by atoms with Crippen molar-refractivity contribution in [2.24, 2.45) is 0 Å². The molecule has 0 aromatic heterocycles. The zero-order valence-electron chi connectivity index (χ0n) is 11.4. The summed E-state index contributed by atoms with van der Waals surface area (Å²) in [5, 5.41) is 0. The first-order chi connectivity index (χ1) is 10.2. The SMILES string of the molecule is Nc1ccc(Br)cc1C(=O)N1CCCOc2ccccc21. The van der Waals surface area contributed by atoms with Gasteiger partial charge in [-0.05, 0) is 36.8 Å². The smallest absolute Gasteiger partial charge is 0.260 e. The van der Waals surface area contributed by atoms with E-state index in [1.807, 2.05) is 30.3 Å². The Morgan fingerprint density at radius 2 is 2.05 bits per heavy atom. The van der Waals surface area contributed by atoms with Crippen molar-refractivity contribution in [1.29, 1.82) is 0 Å². The summed E-state index contributed by atoms with van der Waals surface area (Å²) in [6.45, 7) is 1.22. The number of nitrogen functional groups attached to an aromatic ring is 1. The van der Waals surface area contributed by atoms with Crippen LogP contribution in [0.2, 0.25) is 0 Å². The van der Waals surface area contributed by atoms with E-state index < -0.39 is 0 Å². The maximum absolute atomic E-state index is 12.9. The fourth-order valence-electron chi connectivity index (χ4n) is 2.40. The molecule has 21 heavy (non-hydrogen) atoms. The summed E-state index contributed by atoms with van der Waals surface area (Å²) in [5.41, 5.74) is 7.73. The number of carbonyl (C=O) groups is 1. The molecule has 3 rings (SSSR count). The molecule has 0 spiro atoms. The second-order valence-electron chi connectivity index (χ2n) is 4.86. The predicted octanol–water partition coefficient (Wildman–Crippen LogP) is 3.46. The number of hydrogen-bond donors (Lipinski definition) is 1. The van der Waals surface area contributed by atoms with Gasteiger partial charge in [-0.1, -0.05) is 28.1 Å². The van der Waals surface area contributed by atoms with Gasteiger partial charge in [0.2, 0.25) is 0 Å².